The molecule has 0 spiro atoms. The molecule has 0 unspecified atom stereocenters. The van der Waals surface area contributed by atoms with Gasteiger partial charge in [0.05, 0.1) is 34.0 Å². The summed E-state index contributed by atoms with van der Waals surface area (Å²) in [5.74, 6) is 3.13. The van der Waals surface area contributed by atoms with E-state index in [0.29, 0.717) is 11.5 Å². The lowest BCUT2D eigenvalue weighted by molar-refractivity contribution is -1.02. The third kappa shape index (κ3) is 4.51. The van der Waals surface area contributed by atoms with E-state index < -0.39 is 0 Å². The molecule has 0 aliphatic carbocycles. The molecule has 2 aromatic rings. The monoisotopic (exact) mass is 388 g/mol. The van der Waals surface area contributed by atoms with Crippen LogP contribution in [0.2, 0.25) is 0 Å². The number of methoxy groups -OCH3 is 4. The Morgan fingerprint density at radius 2 is 1.18 bits per heavy atom. The van der Waals surface area contributed by atoms with Crippen LogP contribution in [0.4, 0.5) is 0 Å². The Balaban J connectivity index is 1.61. The van der Waals surface area contributed by atoms with E-state index in [0.717, 1.165) is 56.3 Å². The molecular formula is C22H32N2O4+2. The second-order valence-electron chi connectivity index (χ2n) is 7.16. The molecule has 1 saturated heterocycles. The Morgan fingerprint density at radius 1 is 0.607 bits per heavy atom. The first-order valence-electron chi connectivity index (χ1n) is 9.77. The number of hydrogen-bond acceptors (Lipinski definition) is 4. The largest absolute Gasteiger partial charge is 0.496 e. The van der Waals surface area contributed by atoms with E-state index in [-0.39, 0.29) is 0 Å². The van der Waals surface area contributed by atoms with Gasteiger partial charge in [0.25, 0.3) is 0 Å². The zero-order valence-corrected chi connectivity index (χ0v) is 17.3. The summed E-state index contributed by atoms with van der Waals surface area (Å²) in [5.41, 5.74) is 2.44. The van der Waals surface area contributed by atoms with E-state index in [1.165, 1.54) is 5.56 Å². The third-order valence-electron chi connectivity index (χ3n) is 5.52. The fourth-order valence-corrected chi connectivity index (χ4v) is 4.00. The summed E-state index contributed by atoms with van der Waals surface area (Å²) >= 11 is 0. The van der Waals surface area contributed by atoms with Crippen LogP contribution in [0.3, 0.4) is 0 Å². The molecule has 28 heavy (non-hydrogen) atoms. The Bertz CT molecular complexity index is 773. The van der Waals surface area contributed by atoms with E-state index in [1.54, 1.807) is 38.2 Å². The van der Waals surface area contributed by atoms with Crippen LogP contribution in [0.15, 0.2) is 36.4 Å². The van der Waals surface area contributed by atoms with Crippen molar-refractivity contribution >= 4 is 0 Å². The Hall–Kier alpha value is -2.44. The molecule has 1 aliphatic heterocycles. The molecule has 0 saturated carbocycles. The predicted molar refractivity (Wildman–Crippen MR) is 108 cm³/mol. The first kappa shape index (κ1) is 20.3. The highest BCUT2D eigenvalue weighted by Gasteiger charge is 2.26. The summed E-state index contributed by atoms with van der Waals surface area (Å²) in [6.07, 6.45) is 0. The maximum atomic E-state index is 5.64. The van der Waals surface area contributed by atoms with Gasteiger partial charge in [-0.3, -0.25) is 0 Å². The molecule has 0 bridgehead atoms. The van der Waals surface area contributed by atoms with Gasteiger partial charge in [-0.15, -0.1) is 0 Å². The van der Waals surface area contributed by atoms with E-state index in [1.807, 2.05) is 18.2 Å². The fourth-order valence-electron chi connectivity index (χ4n) is 4.00. The van der Waals surface area contributed by atoms with E-state index >= 15 is 0 Å². The second-order valence-corrected chi connectivity index (χ2v) is 7.16. The molecular weight excluding hydrogens is 356 g/mol. The van der Waals surface area contributed by atoms with Crippen molar-refractivity contribution in [2.45, 2.75) is 13.1 Å². The van der Waals surface area contributed by atoms with Crippen LogP contribution in [0, 0.1) is 0 Å². The number of nitrogens with one attached hydrogen (secondary N) is 2. The number of ether oxygens (including phenoxy) is 4. The van der Waals surface area contributed by atoms with Crippen molar-refractivity contribution in [3.63, 3.8) is 0 Å². The van der Waals surface area contributed by atoms with Crippen LogP contribution >= 0.6 is 0 Å². The van der Waals surface area contributed by atoms with Crippen LogP contribution < -0.4 is 28.7 Å². The summed E-state index contributed by atoms with van der Waals surface area (Å²) in [4.78, 5) is 3.17. The van der Waals surface area contributed by atoms with Crippen molar-refractivity contribution in [3.8, 4) is 23.0 Å². The van der Waals surface area contributed by atoms with Gasteiger partial charge in [0, 0.05) is 5.56 Å². The highest BCUT2D eigenvalue weighted by atomic mass is 16.5. The maximum absolute atomic E-state index is 5.64. The lowest BCUT2D eigenvalue weighted by atomic mass is 10.1. The summed E-state index contributed by atoms with van der Waals surface area (Å²) in [5, 5.41) is 0. The van der Waals surface area contributed by atoms with Gasteiger partial charge in [0.15, 0.2) is 11.5 Å². The SMILES string of the molecule is COc1ccccc1C[NH+]1CC[NH+](Cc2ccc(OC)c(OC)c2OC)CC1. The fraction of sp³-hybridized carbons (Fsp3) is 0.455. The first-order chi connectivity index (χ1) is 13.7. The molecule has 152 valence electrons. The highest BCUT2D eigenvalue weighted by molar-refractivity contribution is 5.55. The second kappa shape index (κ2) is 9.66. The summed E-state index contributed by atoms with van der Waals surface area (Å²) < 4.78 is 22.0. The minimum Gasteiger partial charge on any atom is -0.496 e. The number of para-hydroxylation sites is 1. The number of rotatable bonds is 8. The normalized spacial score (nSPS) is 19.1. The van der Waals surface area contributed by atoms with Gasteiger partial charge in [-0.1, -0.05) is 12.1 Å². The molecule has 2 aromatic carbocycles. The van der Waals surface area contributed by atoms with Crippen LogP contribution in [-0.2, 0) is 13.1 Å². The highest BCUT2D eigenvalue weighted by Crippen LogP contribution is 2.39. The molecule has 1 heterocycles. The first-order valence-corrected chi connectivity index (χ1v) is 9.77. The minimum absolute atomic E-state index is 0.669. The van der Waals surface area contributed by atoms with Gasteiger partial charge in [-0.2, -0.15) is 0 Å². The molecule has 2 N–H and O–H groups in total. The molecule has 0 aromatic heterocycles. The van der Waals surface area contributed by atoms with Gasteiger partial charge >= 0.3 is 0 Å². The van der Waals surface area contributed by atoms with Crippen molar-refractivity contribution < 1.29 is 28.7 Å². The average molecular weight is 389 g/mol. The molecule has 0 amide bonds. The van der Waals surface area contributed by atoms with E-state index in [4.69, 9.17) is 18.9 Å². The van der Waals surface area contributed by atoms with E-state index in [2.05, 4.69) is 18.2 Å². The average Bonchev–Trinajstić information content (AvgIpc) is 2.75. The number of hydrogen-bond donors (Lipinski definition) is 2. The lowest BCUT2D eigenvalue weighted by Crippen LogP contribution is -3.27. The quantitative estimate of drug-likeness (QED) is 0.679. The number of benzene rings is 2. The Labute approximate surface area is 167 Å². The molecule has 1 fully saturated rings. The van der Waals surface area contributed by atoms with Crippen molar-refractivity contribution in [2.24, 2.45) is 0 Å². The molecule has 0 atom stereocenters. The molecule has 1 aliphatic rings. The lowest BCUT2D eigenvalue weighted by Gasteiger charge is -2.30. The number of piperazine rings is 1. The number of quaternary nitrogens is 2. The summed E-state index contributed by atoms with van der Waals surface area (Å²) in [7, 11) is 6.72. The topological polar surface area (TPSA) is 45.8 Å². The van der Waals surface area contributed by atoms with Gasteiger partial charge in [0.2, 0.25) is 5.75 Å². The van der Waals surface area contributed by atoms with Crippen LogP contribution in [0.5, 0.6) is 23.0 Å². The molecule has 0 radical (unpaired) electrons. The van der Waals surface area contributed by atoms with Crippen molar-refractivity contribution in [1.82, 2.24) is 0 Å². The third-order valence-corrected chi connectivity index (χ3v) is 5.52. The smallest absolute Gasteiger partial charge is 0.203 e. The van der Waals surface area contributed by atoms with Crippen LogP contribution in [0.1, 0.15) is 11.1 Å². The van der Waals surface area contributed by atoms with Gasteiger partial charge in [-0.05, 0) is 24.3 Å². The molecule has 6 heteroatoms. The minimum atomic E-state index is 0.669. The van der Waals surface area contributed by atoms with Gasteiger partial charge in [0.1, 0.15) is 45.0 Å². The van der Waals surface area contributed by atoms with E-state index in [9.17, 15) is 0 Å². The standard InChI is InChI=1S/C22H30N2O4/c1-25-19-8-6-5-7-17(19)15-23-11-13-24(14-12-23)16-18-9-10-20(26-2)22(28-4)21(18)27-3/h5-10H,11-16H2,1-4H3/p+2. The van der Waals surface area contributed by atoms with Crippen LogP contribution in [-0.4, -0.2) is 54.6 Å². The summed E-state index contributed by atoms with van der Waals surface area (Å²) in [6.45, 7) is 6.47. The van der Waals surface area contributed by atoms with Crippen molar-refractivity contribution in [1.29, 1.82) is 0 Å². The molecule has 6 nitrogen and oxygen atoms in total. The Morgan fingerprint density at radius 3 is 1.75 bits per heavy atom. The van der Waals surface area contributed by atoms with Gasteiger partial charge in [-0.25, -0.2) is 0 Å². The predicted octanol–water partition coefficient (Wildman–Crippen LogP) is 0.205. The molecule has 3 rings (SSSR count). The van der Waals surface area contributed by atoms with Crippen molar-refractivity contribution in [2.75, 3.05) is 54.6 Å². The summed E-state index contributed by atoms with van der Waals surface area (Å²) in [6, 6.07) is 12.4. The Kier molecular flexibility index (Phi) is 7.01. The van der Waals surface area contributed by atoms with Crippen molar-refractivity contribution in [3.05, 3.63) is 47.5 Å². The maximum Gasteiger partial charge on any atom is 0.203 e. The zero-order chi connectivity index (χ0) is 19.9. The van der Waals surface area contributed by atoms with Crippen LogP contribution in [0.25, 0.3) is 0 Å². The van der Waals surface area contributed by atoms with Gasteiger partial charge < -0.3 is 28.7 Å². The zero-order valence-electron chi connectivity index (χ0n) is 17.3.